The summed E-state index contributed by atoms with van der Waals surface area (Å²) in [6, 6.07) is 16.8. The zero-order valence-electron chi connectivity index (χ0n) is 15.9. The summed E-state index contributed by atoms with van der Waals surface area (Å²) in [5.74, 6) is 1.04. The predicted octanol–water partition coefficient (Wildman–Crippen LogP) is 2.74. The lowest BCUT2D eigenvalue weighted by Gasteiger charge is -2.08. The standard InChI is InChI=1S/C21H22N2O5S/c1-27-18-8-4-16(5-9-18)12-13-22-21(24)17-6-10-20(11-7-17)29(25,26)23-15-19-3-2-14-28-19/h2-11,14,23H,12-13,15H2,1H3,(H,22,24). The van der Waals surface area contributed by atoms with E-state index in [1.165, 1.54) is 30.5 Å². The number of carbonyl (C=O) groups is 1. The molecule has 0 aliphatic rings. The lowest BCUT2D eigenvalue weighted by Crippen LogP contribution is -2.26. The molecule has 2 N–H and O–H groups in total. The van der Waals surface area contributed by atoms with Gasteiger partial charge in [0, 0.05) is 12.1 Å². The van der Waals surface area contributed by atoms with Crippen molar-refractivity contribution in [3.8, 4) is 5.75 Å². The van der Waals surface area contributed by atoms with Gasteiger partial charge in [-0.05, 0) is 60.5 Å². The van der Waals surface area contributed by atoms with Gasteiger partial charge < -0.3 is 14.5 Å². The Morgan fingerprint density at radius 2 is 1.76 bits per heavy atom. The largest absolute Gasteiger partial charge is 0.497 e. The Balaban J connectivity index is 1.52. The van der Waals surface area contributed by atoms with Gasteiger partial charge in [0.25, 0.3) is 5.91 Å². The van der Waals surface area contributed by atoms with Crippen LogP contribution in [0.3, 0.4) is 0 Å². The van der Waals surface area contributed by atoms with Crippen LogP contribution in [-0.2, 0) is 23.0 Å². The first-order valence-electron chi connectivity index (χ1n) is 9.01. The Kier molecular flexibility index (Phi) is 6.69. The molecule has 0 unspecified atom stereocenters. The zero-order valence-corrected chi connectivity index (χ0v) is 16.7. The first-order valence-corrected chi connectivity index (χ1v) is 10.5. The number of benzene rings is 2. The summed E-state index contributed by atoms with van der Waals surface area (Å²) in [5.41, 5.74) is 1.47. The van der Waals surface area contributed by atoms with Gasteiger partial charge in [0.1, 0.15) is 11.5 Å². The molecule has 29 heavy (non-hydrogen) atoms. The van der Waals surface area contributed by atoms with Crippen molar-refractivity contribution in [3.63, 3.8) is 0 Å². The Labute approximate surface area is 169 Å². The summed E-state index contributed by atoms with van der Waals surface area (Å²) in [6.45, 7) is 0.527. The van der Waals surface area contributed by atoms with Gasteiger partial charge in [0.15, 0.2) is 0 Å². The fourth-order valence-corrected chi connectivity index (χ4v) is 3.66. The van der Waals surface area contributed by atoms with Crippen LogP contribution in [0.1, 0.15) is 21.7 Å². The maximum atomic E-state index is 12.3. The molecule has 0 aliphatic carbocycles. The molecule has 7 nitrogen and oxygen atoms in total. The van der Waals surface area contributed by atoms with Crippen molar-refractivity contribution < 1.29 is 22.4 Å². The van der Waals surface area contributed by atoms with Crippen LogP contribution in [0, 0.1) is 0 Å². The molecule has 0 saturated heterocycles. The topological polar surface area (TPSA) is 97.6 Å². The van der Waals surface area contributed by atoms with E-state index in [9.17, 15) is 13.2 Å². The molecule has 0 aliphatic heterocycles. The number of carbonyl (C=O) groups excluding carboxylic acids is 1. The third kappa shape index (κ3) is 5.69. The van der Waals surface area contributed by atoms with E-state index in [2.05, 4.69) is 10.0 Å². The Hall–Kier alpha value is -3.10. The molecule has 0 bridgehead atoms. The van der Waals surface area contributed by atoms with Crippen molar-refractivity contribution in [2.24, 2.45) is 0 Å². The minimum absolute atomic E-state index is 0.0585. The van der Waals surface area contributed by atoms with Crippen LogP contribution in [0.2, 0.25) is 0 Å². The van der Waals surface area contributed by atoms with E-state index >= 15 is 0 Å². The average molecular weight is 414 g/mol. The number of ether oxygens (including phenoxy) is 1. The van der Waals surface area contributed by atoms with Crippen molar-refractivity contribution in [3.05, 3.63) is 83.8 Å². The molecule has 0 saturated carbocycles. The number of methoxy groups -OCH3 is 1. The van der Waals surface area contributed by atoms with Crippen molar-refractivity contribution >= 4 is 15.9 Å². The Morgan fingerprint density at radius 3 is 2.38 bits per heavy atom. The summed E-state index contributed by atoms with van der Waals surface area (Å²) in [7, 11) is -2.08. The van der Waals surface area contributed by atoms with Crippen LogP contribution in [-0.4, -0.2) is 28.0 Å². The molecule has 1 heterocycles. The van der Waals surface area contributed by atoms with Crippen LogP contribution >= 0.6 is 0 Å². The number of sulfonamides is 1. The first kappa shape index (κ1) is 20.6. The molecule has 3 aromatic rings. The molecule has 0 atom stereocenters. The SMILES string of the molecule is COc1ccc(CCNC(=O)c2ccc(S(=O)(=O)NCc3ccco3)cc2)cc1. The van der Waals surface area contributed by atoms with Gasteiger partial charge in [-0.25, -0.2) is 13.1 Å². The lowest BCUT2D eigenvalue weighted by atomic mass is 10.1. The number of rotatable bonds is 9. The fourth-order valence-electron chi connectivity index (χ4n) is 2.66. The van der Waals surface area contributed by atoms with E-state index in [-0.39, 0.29) is 17.3 Å². The molecule has 152 valence electrons. The van der Waals surface area contributed by atoms with E-state index in [0.29, 0.717) is 24.3 Å². The van der Waals surface area contributed by atoms with Crippen molar-refractivity contribution in [2.75, 3.05) is 13.7 Å². The van der Waals surface area contributed by atoms with E-state index in [0.717, 1.165) is 11.3 Å². The summed E-state index contributed by atoms with van der Waals surface area (Å²) in [5, 5.41) is 2.83. The summed E-state index contributed by atoms with van der Waals surface area (Å²) in [4.78, 5) is 12.4. The van der Waals surface area contributed by atoms with E-state index < -0.39 is 10.0 Å². The second-order valence-electron chi connectivity index (χ2n) is 6.28. The van der Waals surface area contributed by atoms with Crippen molar-refractivity contribution in [2.45, 2.75) is 17.9 Å². The van der Waals surface area contributed by atoms with E-state index in [1.54, 1.807) is 19.2 Å². The van der Waals surface area contributed by atoms with Crippen LogP contribution in [0.4, 0.5) is 0 Å². The van der Waals surface area contributed by atoms with Gasteiger partial charge in [-0.3, -0.25) is 4.79 Å². The molecular weight excluding hydrogens is 392 g/mol. The molecular formula is C21H22N2O5S. The smallest absolute Gasteiger partial charge is 0.251 e. The van der Waals surface area contributed by atoms with Gasteiger partial charge in [0.05, 0.1) is 24.8 Å². The minimum atomic E-state index is -3.69. The van der Waals surface area contributed by atoms with Crippen LogP contribution in [0.25, 0.3) is 0 Å². The van der Waals surface area contributed by atoms with Gasteiger partial charge in [-0.15, -0.1) is 0 Å². The quantitative estimate of drug-likeness (QED) is 0.561. The highest BCUT2D eigenvalue weighted by atomic mass is 32.2. The summed E-state index contributed by atoms with van der Waals surface area (Å²) in [6.07, 6.45) is 2.16. The van der Waals surface area contributed by atoms with Crippen LogP contribution in [0.15, 0.2) is 76.2 Å². The van der Waals surface area contributed by atoms with Gasteiger partial charge >= 0.3 is 0 Å². The number of amides is 1. The van der Waals surface area contributed by atoms with E-state index in [4.69, 9.17) is 9.15 Å². The highest BCUT2D eigenvalue weighted by molar-refractivity contribution is 7.89. The zero-order chi connectivity index (χ0) is 20.7. The first-order chi connectivity index (χ1) is 14.0. The lowest BCUT2D eigenvalue weighted by molar-refractivity contribution is 0.0954. The van der Waals surface area contributed by atoms with Crippen molar-refractivity contribution in [1.82, 2.24) is 10.0 Å². The monoisotopic (exact) mass is 414 g/mol. The van der Waals surface area contributed by atoms with Crippen molar-refractivity contribution in [1.29, 1.82) is 0 Å². The second kappa shape index (κ2) is 9.40. The summed E-state index contributed by atoms with van der Waals surface area (Å²) >= 11 is 0. The highest BCUT2D eigenvalue weighted by Gasteiger charge is 2.15. The summed E-state index contributed by atoms with van der Waals surface area (Å²) < 4.78 is 37.3. The van der Waals surface area contributed by atoms with E-state index in [1.807, 2.05) is 24.3 Å². The molecule has 1 aromatic heterocycles. The normalized spacial score (nSPS) is 11.2. The Bertz CT molecular complexity index is 1030. The Morgan fingerprint density at radius 1 is 1.03 bits per heavy atom. The second-order valence-corrected chi connectivity index (χ2v) is 8.05. The molecule has 8 heteroatoms. The number of nitrogens with one attached hydrogen (secondary N) is 2. The van der Waals surface area contributed by atoms with Gasteiger partial charge in [0.2, 0.25) is 10.0 Å². The molecule has 1 amide bonds. The molecule has 3 rings (SSSR count). The third-order valence-electron chi connectivity index (χ3n) is 4.30. The van der Waals surface area contributed by atoms with Gasteiger partial charge in [-0.1, -0.05) is 12.1 Å². The molecule has 0 radical (unpaired) electrons. The number of hydrogen-bond acceptors (Lipinski definition) is 5. The number of hydrogen-bond donors (Lipinski definition) is 2. The highest BCUT2D eigenvalue weighted by Crippen LogP contribution is 2.13. The third-order valence-corrected chi connectivity index (χ3v) is 5.72. The average Bonchev–Trinajstić information content (AvgIpc) is 3.27. The van der Waals surface area contributed by atoms with Crippen LogP contribution in [0.5, 0.6) is 5.75 Å². The number of furan rings is 1. The minimum Gasteiger partial charge on any atom is -0.497 e. The maximum Gasteiger partial charge on any atom is 0.251 e. The maximum absolute atomic E-state index is 12.3. The van der Waals surface area contributed by atoms with Crippen LogP contribution < -0.4 is 14.8 Å². The molecule has 0 spiro atoms. The van der Waals surface area contributed by atoms with Gasteiger partial charge in [-0.2, -0.15) is 0 Å². The fraction of sp³-hybridized carbons (Fsp3) is 0.190. The molecule has 2 aromatic carbocycles. The predicted molar refractivity (Wildman–Crippen MR) is 108 cm³/mol. The molecule has 0 fully saturated rings.